The van der Waals surface area contributed by atoms with Gasteiger partial charge in [0, 0.05) is 22.4 Å². The van der Waals surface area contributed by atoms with Crippen LogP contribution in [0.3, 0.4) is 0 Å². The summed E-state index contributed by atoms with van der Waals surface area (Å²) in [5.74, 6) is 0.672. The van der Waals surface area contributed by atoms with Crippen molar-refractivity contribution in [3.63, 3.8) is 0 Å². The van der Waals surface area contributed by atoms with Crippen LogP contribution in [0.2, 0.25) is 10.0 Å². The minimum atomic E-state index is -0.152. The van der Waals surface area contributed by atoms with Crippen molar-refractivity contribution in [3.05, 3.63) is 50.1 Å². The molecule has 0 saturated carbocycles. The van der Waals surface area contributed by atoms with Gasteiger partial charge in [0.1, 0.15) is 11.9 Å². The first-order chi connectivity index (χ1) is 8.60. The topological polar surface area (TPSA) is 35.2 Å². The van der Waals surface area contributed by atoms with Gasteiger partial charge in [-0.1, -0.05) is 23.2 Å². The van der Waals surface area contributed by atoms with Crippen molar-refractivity contribution in [1.29, 1.82) is 0 Å². The van der Waals surface area contributed by atoms with E-state index in [1.54, 1.807) is 29.5 Å². The molecule has 0 aliphatic rings. The predicted octanol–water partition coefficient (Wildman–Crippen LogP) is 4.44. The van der Waals surface area contributed by atoms with Crippen LogP contribution < -0.4 is 10.5 Å². The van der Waals surface area contributed by atoms with Gasteiger partial charge in [0.2, 0.25) is 0 Å². The normalized spacial score (nSPS) is 12.4. The van der Waals surface area contributed by atoms with Gasteiger partial charge in [-0.05, 0) is 31.2 Å². The van der Waals surface area contributed by atoms with E-state index in [1.165, 1.54) is 4.88 Å². The lowest BCUT2D eigenvalue weighted by atomic mass is 10.2. The Morgan fingerprint density at radius 2 is 2.00 bits per heavy atom. The Kier molecular flexibility index (Phi) is 4.51. The van der Waals surface area contributed by atoms with Gasteiger partial charge in [0.05, 0.1) is 10.0 Å². The van der Waals surface area contributed by atoms with E-state index < -0.39 is 0 Å². The summed E-state index contributed by atoms with van der Waals surface area (Å²) in [6.45, 7) is 2.47. The predicted molar refractivity (Wildman–Crippen MR) is 77.9 cm³/mol. The number of aryl methyl sites for hydroxylation is 1. The molecule has 2 aromatic rings. The first-order valence-corrected chi connectivity index (χ1v) is 7.05. The molecule has 0 bridgehead atoms. The van der Waals surface area contributed by atoms with Crippen LogP contribution in [0, 0.1) is 6.92 Å². The summed E-state index contributed by atoms with van der Waals surface area (Å²) >= 11 is 13.5. The van der Waals surface area contributed by atoms with E-state index in [9.17, 15) is 0 Å². The second-order valence-electron chi connectivity index (χ2n) is 3.87. The van der Waals surface area contributed by atoms with Crippen molar-refractivity contribution >= 4 is 34.5 Å². The Hall–Kier alpha value is -0.740. The van der Waals surface area contributed by atoms with E-state index in [-0.39, 0.29) is 6.10 Å². The molecule has 0 radical (unpaired) electrons. The molecule has 0 aliphatic carbocycles. The van der Waals surface area contributed by atoms with Gasteiger partial charge < -0.3 is 10.5 Å². The van der Waals surface area contributed by atoms with Crippen LogP contribution in [-0.2, 0) is 0 Å². The van der Waals surface area contributed by atoms with Crippen LogP contribution in [0.15, 0.2) is 30.3 Å². The standard InChI is InChI=1S/C13H13Cl2NOS/c1-8-2-5-13(18-8)12(7-16)17-9-3-4-10(14)11(15)6-9/h2-6,12H,7,16H2,1H3. The lowest BCUT2D eigenvalue weighted by molar-refractivity contribution is 0.218. The number of thiophene rings is 1. The number of rotatable bonds is 4. The van der Waals surface area contributed by atoms with Gasteiger partial charge in [-0.25, -0.2) is 0 Å². The lowest BCUT2D eigenvalue weighted by Gasteiger charge is -2.16. The van der Waals surface area contributed by atoms with Crippen LogP contribution >= 0.6 is 34.5 Å². The van der Waals surface area contributed by atoms with Crippen molar-refractivity contribution in [2.24, 2.45) is 5.73 Å². The zero-order valence-corrected chi connectivity index (χ0v) is 12.1. The van der Waals surface area contributed by atoms with Crippen LogP contribution in [0.25, 0.3) is 0 Å². The highest BCUT2D eigenvalue weighted by Crippen LogP contribution is 2.31. The molecule has 1 aromatic heterocycles. The number of ether oxygens (including phenoxy) is 1. The van der Waals surface area contributed by atoms with Crippen LogP contribution in [0.1, 0.15) is 15.9 Å². The van der Waals surface area contributed by atoms with Crippen LogP contribution in [0.5, 0.6) is 5.75 Å². The molecule has 0 spiro atoms. The molecule has 5 heteroatoms. The zero-order valence-electron chi connectivity index (χ0n) is 9.82. The van der Waals surface area contributed by atoms with Crippen LogP contribution in [0.4, 0.5) is 0 Å². The summed E-state index contributed by atoms with van der Waals surface area (Å²) in [7, 11) is 0. The summed E-state index contributed by atoms with van der Waals surface area (Å²) < 4.78 is 5.84. The molecule has 0 amide bonds. The fourth-order valence-corrected chi connectivity index (χ4v) is 2.77. The SMILES string of the molecule is Cc1ccc(C(CN)Oc2ccc(Cl)c(Cl)c2)s1. The highest BCUT2D eigenvalue weighted by Gasteiger charge is 2.14. The maximum atomic E-state index is 5.95. The second-order valence-corrected chi connectivity index (χ2v) is 6.00. The number of nitrogens with two attached hydrogens (primary N) is 1. The van der Waals surface area contributed by atoms with E-state index >= 15 is 0 Å². The van der Waals surface area contributed by atoms with E-state index in [4.69, 9.17) is 33.7 Å². The Morgan fingerprint density at radius 3 is 2.56 bits per heavy atom. The largest absolute Gasteiger partial charge is 0.484 e. The quantitative estimate of drug-likeness (QED) is 0.906. The number of hydrogen-bond acceptors (Lipinski definition) is 3. The van der Waals surface area contributed by atoms with E-state index in [2.05, 4.69) is 13.0 Å². The molecular weight excluding hydrogens is 289 g/mol. The number of halogens is 2. The molecule has 2 N–H and O–H groups in total. The third-order valence-electron chi connectivity index (χ3n) is 2.46. The molecule has 1 unspecified atom stereocenters. The molecule has 1 aromatic carbocycles. The molecule has 2 rings (SSSR count). The third-order valence-corrected chi connectivity index (χ3v) is 4.29. The van der Waals surface area contributed by atoms with Gasteiger partial charge in [0.25, 0.3) is 0 Å². The average Bonchev–Trinajstić information content (AvgIpc) is 2.77. The van der Waals surface area contributed by atoms with E-state index in [1.807, 2.05) is 6.07 Å². The van der Waals surface area contributed by atoms with Gasteiger partial charge in [-0.15, -0.1) is 11.3 Å². The molecule has 1 atom stereocenters. The van der Waals surface area contributed by atoms with Crippen molar-refractivity contribution in [2.75, 3.05) is 6.54 Å². The number of benzene rings is 1. The molecule has 96 valence electrons. The number of hydrogen-bond donors (Lipinski definition) is 1. The highest BCUT2D eigenvalue weighted by molar-refractivity contribution is 7.12. The van der Waals surface area contributed by atoms with Gasteiger partial charge in [0.15, 0.2) is 0 Å². The van der Waals surface area contributed by atoms with Crippen molar-refractivity contribution < 1.29 is 4.74 Å². The van der Waals surface area contributed by atoms with Gasteiger partial charge in [-0.2, -0.15) is 0 Å². The average molecular weight is 302 g/mol. The summed E-state index contributed by atoms with van der Waals surface area (Å²) in [5, 5.41) is 0.993. The summed E-state index contributed by atoms with van der Waals surface area (Å²) in [4.78, 5) is 2.35. The summed E-state index contributed by atoms with van der Waals surface area (Å²) in [6.07, 6.45) is -0.152. The van der Waals surface area contributed by atoms with E-state index in [0.717, 1.165) is 4.88 Å². The molecule has 1 heterocycles. The van der Waals surface area contributed by atoms with Crippen molar-refractivity contribution in [2.45, 2.75) is 13.0 Å². The van der Waals surface area contributed by atoms with Crippen LogP contribution in [-0.4, -0.2) is 6.54 Å². The van der Waals surface area contributed by atoms with E-state index in [0.29, 0.717) is 22.3 Å². The summed E-state index contributed by atoms with van der Waals surface area (Å²) in [6, 6.07) is 9.30. The Balaban J connectivity index is 2.17. The molecule has 2 nitrogen and oxygen atoms in total. The van der Waals surface area contributed by atoms with Crippen molar-refractivity contribution in [1.82, 2.24) is 0 Å². The smallest absolute Gasteiger partial charge is 0.145 e. The maximum absolute atomic E-state index is 5.95. The summed E-state index contributed by atoms with van der Waals surface area (Å²) in [5.41, 5.74) is 5.75. The molecule has 0 aliphatic heterocycles. The molecule has 18 heavy (non-hydrogen) atoms. The monoisotopic (exact) mass is 301 g/mol. The Morgan fingerprint density at radius 1 is 1.22 bits per heavy atom. The van der Waals surface area contributed by atoms with Gasteiger partial charge in [-0.3, -0.25) is 0 Å². The second kappa shape index (κ2) is 5.93. The first-order valence-electron chi connectivity index (χ1n) is 5.48. The molecule has 0 fully saturated rings. The first kappa shape index (κ1) is 13.7. The molecular formula is C13H13Cl2NOS. The maximum Gasteiger partial charge on any atom is 0.145 e. The zero-order chi connectivity index (χ0) is 13.1. The Labute approximate surface area is 120 Å². The van der Waals surface area contributed by atoms with Gasteiger partial charge >= 0.3 is 0 Å². The lowest BCUT2D eigenvalue weighted by Crippen LogP contribution is -2.17. The fourth-order valence-electron chi connectivity index (χ4n) is 1.56. The molecule has 0 saturated heterocycles. The fraction of sp³-hybridized carbons (Fsp3) is 0.231. The van der Waals surface area contributed by atoms with Crippen molar-refractivity contribution in [3.8, 4) is 5.75 Å². The highest BCUT2D eigenvalue weighted by atomic mass is 35.5. The minimum Gasteiger partial charge on any atom is -0.484 e. The Bertz CT molecular complexity index is 542. The minimum absolute atomic E-state index is 0.152. The third kappa shape index (κ3) is 3.18.